The molecular weight excluding hydrogens is 318 g/mol. The number of carbonyl (C=O) groups excluding carboxylic acids is 1. The number of amides is 2. The number of nitrogens with zero attached hydrogens (tertiary/aromatic N) is 2. The average Bonchev–Trinajstić information content (AvgIpc) is 2.64. The minimum absolute atomic E-state index is 0.303. The van der Waals surface area contributed by atoms with Crippen LogP contribution in [0, 0.1) is 0 Å². The molecule has 6 nitrogen and oxygen atoms in total. The van der Waals surface area contributed by atoms with Crippen LogP contribution >= 0.6 is 0 Å². The van der Waals surface area contributed by atoms with Crippen LogP contribution in [0.2, 0.25) is 0 Å². The van der Waals surface area contributed by atoms with E-state index in [0.29, 0.717) is 19.7 Å². The van der Waals surface area contributed by atoms with Crippen LogP contribution < -0.4 is 25.0 Å². The van der Waals surface area contributed by atoms with Gasteiger partial charge in [0.25, 0.3) is 0 Å². The van der Waals surface area contributed by atoms with Gasteiger partial charge in [-0.2, -0.15) is 0 Å². The zero-order valence-corrected chi connectivity index (χ0v) is 14.9. The maximum atomic E-state index is 11.7. The molecule has 0 fully saturated rings. The first kappa shape index (κ1) is 18.4. The second kappa shape index (κ2) is 9.42. The van der Waals surface area contributed by atoms with Gasteiger partial charge in [-0.05, 0) is 42.0 Å². The Morgan fingerprint density at radius 2 is 1.68 bits per heavy atom. The van der Waals surface area contributed by atoms with Crippen molar-refractivity contribution in [2.24, 2.45) is 0 Å². The van der Waals surface area contributed by atoms with Crippen LogP contribution in [0.15, 0.2) is 48.5 Å². The van der Waals surface area contributed by atoms with E-state index in [-0.39, 0.29) is 6.03 Å². The van der Waals surface area contributed by atoms with Gasteiger partial charge in [-0.3, -0.25) is 0 Å². The molecule has 1 radical (unpaired) electrons. The molecule has 0 bridgehead atoms. The highest BCUT2D eigenvalue weighted by atomic mass is 16.5. The Kier molecular flexibility index (Phi) is 6.95. The van der Waals surface area contributed by atoms with Crippen molar-refractivity contribution >= 4 is 11.7 Å². The number of carbonyl (C=O) groups is 1. The summed E-state index contributed by atoms with van der Waals surface area (Å²) in [4.78, 5) is 13.8. The molecule has 1 N–H and O–H groups in total. The molecular formula is C19H24N3O3. The van der Waals surface area contributed by atoms with Gasteiger partial charge < -0.3 is 19.7 Å². The quantitative estimate of drug-likeness (QED) is 0.749. The van der Waals surface area contributed by atoms with Crippen LogP contribution in [0.1, 0.15) is 5.56 Å². The Hall–Kier alpha value is -2.89. The maximum absolute atomic E-state index is 11.7. The predicted molar refractivity (Wildman–Crippen MR) is 98.5 cm³/mol. The SMILES string of the molecule is COc1ccc(OCC[N]C(=O)NCc2ccc(N(C)C)cc2)cc1. The van der Waals surface area contributed by atoms with Crippen molar-refractivity contribution in [3.05, 3.63) is 54.1 Å². The molecule has 0 saturated carbocycles. The highest BCUT2D eigenvalue weighted by Crippen LogP contribution is 2.16. The van der Waals surface area contributed by atoms with E-state index >= 15 is 0 Å². The summed E-state index contributed by atoms with van der Waals surface area (Å²) in [6, 6.07) is 14.9. The van der Waals surface area contributed by atoms with Gasteiger partial charge in [0, 0.05) is 26.3 Å². The lowest BCUT2D eigenvalue weighted by Gasteiger charge is -2.13. The monoisotopic (exact) mass is 342 g/mol. The van der Waals surface area contributed by atoms with E-state index in [0.717, 1.165) is 22.7 Å². The smallest absolute Gasteiger partial charge is 0.336 e. The number of hydrogen-bond donors (Lipinski definition) is 1. The zero-order chi connectivity index (χ0) is 18.1. The Balaban J connectivity index is 1.63. The number of benzene rings is 2. The van der Waals surface area contributed by atoms with Gasteiger partial charge in [0.1, 0.15) is 18.1 Å². The predicted octanol–water partition coefficient (Wildman–Crippen LogP) is 2.65. The van der Waals surface area contributed by atoms with E-state index in [1.165, 1.54) is 0 Å². The summed E-state index contributed by atoms with van der Waals surface area (Å²) in [6.45, 7) is 1.10. The summed E-state index contributed by atoms with van der Waals surface area (Å²) in [5, 5.41) is 6.70. The van der Waals surface area contributed by atoms with Gasteiger partial charge in [0.15, 0.2) is 0 Å². The summed E-state index contributed by atoms with van der Waals surface area (Å²) in [7, 11) is 5.59. The Bertz CT molecular complexity index is 655. The van der Waals surface area contributed by atoms with Gasteiger partial charge in [0.2, 0.25) is 0 Å². The lowest BCUT2D eigenvalue weighted by molar-refractivity contribution is 0.235. The third-order valence-electron chi connectivity index (χ3n) is 3.57. The molecule has 0 spiro atoms. The Morgan fingerprint density at radius 1 is 1.04 bits per heavy atom. The minimum atomic E-state index is -0.338. The summed E-state index contributed by atoms with van der Waals surface area (Å²) in [6.07, 6.45) is 0. The summed E-state index contributed by atoms with van der Waals surface area (Å²) < 4.78 is 10.6. The third kappa shape index (κ3) is 6.25. The fraction of sp³-hybridized carbons (Fsp3) is 0.316. The van der Waals surface area contributed by atoms with Crippen molar-refractivity contribution in [1.29, 1.82) is 0 Å². The molecule has 2 rings (SSSR count). The molecule has 0 aliphatic carbocycles. The van der Waals surface area contributed by atoms with E-state index in [2.05, 4.69) is 10.6 Å². The lowest BCUT2D eigenvalue weighted by Crippen LogP contribution is -2.32. The first-order valence-corrected chi connectivity index (χ1v) is 8.07. The van der Waals surface area contributed by atoms with E-state index in [4.69, 9.17) is 9.47 Å². The molecule has 25 heavy (non-hydrogen) atoms. The zero-order valence-electron chi connectivity index (χ0n) is 14.9. The largest absolute Gasteiger partial charge is 0.497 e. The van der Waals surface area contributed by atoms with Crippen LogP contribution in [0.3, 0.4) is 0 Å². The van der Waals surface area contributed by atoms with Crippen molar-refractivity contribution in [3.63, 3.8) is 0 Å². The van der Waals surface area contributed by atoms with E-state index in [1.54, 1.807) is 7.11 Å². The first-order chi connectivity index (χ1) is 12.1. The highest BCUT2D eigenvalue weighted by Gasteiger charge is 2.03. The number of ether oxygens (including phenoxy) is 2. The highest BCUT2D eigenvalue weighted by molar-refractivity contribution is 5.73. The molecule has 0 heterocycles. The first-order valence-electron chi connectivity index (χ1n) is 8.07. The molecule has 0 aliphatic rings. The molecule has 0 atom stereocenters. The fourth-order valence-corrected chi connectivity index (χ4v) is 2.13. The van der Waals surface area contributed by atoms with Crippen molar-refractivity contribution in [2.75, 3.05) is 39.3 Å². The van der Waals surface area contributed by atoms with Gasteiger partial charge in [-0.1, -0.05) is 12.1 Å². The third-order valence-corrected chi connectivity index (χ3v) is 3.57. The summed E-state index contributed by atoms with van der Waals surface area (Å²) >= 11 is 0. The number of methoxy groups -OCH3 is 1. The molecule has 2 aromatic rings. The number of anilines is 1. The van der Waals surface area contributed by atoms with Crippen LogP contribution in [-0.4, -0.2) is 40.4 Å². The average molecular weight is 342 g/mol. The lowest BCUT2D eigenvalue weighted by atomic mass is 10.2. The van der Waals surface area contributed by atoms with Crippen molar-refractivity contribution in [2.45, 2.75) is 6.54 Å². The molecule has 133 valence electrons. The normalized spacial score (nSPS) is 10.0. The van der Waals surface area contributed by atoms with Gasteiger partial charge in [-0.25, -0.2) is 10.1 Å². The molecule has 2 aromatic carbocycles. The molecule has 6 heteroatoms. The molecule has 0 unspecified atom stereocenters. The number of hydrogen-bond acceptors (Lipinski definition) is 4. The second-order valence-corrected chi connectivity index (χ2v) is 5.63. The van der Waals surface area contributed by atoms with Crippen LogP contribution in [0.5, 0.6) is 11.5 Å². The van der Waals surface area contributed by atoms with Crippen LogP contribution in [-0.2, 0) is 6.54 Å². The van der Waals surface area contributed by atoms with E-state index < -0.39 is 0 Å². The Labute approximate surface area is 148 Å². The molecule has 0 saturated heterocycles. The Morgan fingerprint density at radius 3 is 2.28 bits per heavy atom. The molecule has 0 aliphatic heterocycles. The van der Waals surface area contributed by atoms with Gasteiger partial charge in [-0.15, -0.1) is 0 Å². The maximum Gasteiger partial charge on any atom is 0.336 e. The number of urea groups is 1. The summed E-state index contributed by atoms with van der Waals surface area (Å²) in [5.41, 5.74) is 2.15. The van der Waals surface area contributed by atoms with Crippen LogP contribution in [0.25, 0.3) is 0 Å². The minimum Gasteiger partial charge on any atom is -0.497 e. The summed E-state index contributed by atoms with van der Waals surface area (Å²) in [5.74, 6) is 1.49. The van der Waals surface area contributed by atoms with Crippen molar-refractivity contribution in [1.82, 2.24) is 10.6 Å². The van der Waals surface area contributed by atoms with E-state index in [9.17, 15) is 4.79 Å². The van der Waals surface area contributed by atoms with Crippen molar-refractivity contribution in [3.8, 4) is 11.5 Å². The number of rotatable bonds is 8. The van der Waals surface area contributed by atoms with E-state index in [1.807, 2.05) is 67.5 Å². The van der Waals surface area contributed by atoms with Crippen LogP contribution in [0.4, 0.5) is 10.5 Å². The standard InChI is InChI=1S/C19H24N3O3/c1-22(2)16-6-4-15(5-7-16)14-21-19(23)20-12-13-25-18-10-8-17(24-3)9-11-18/h4-11H,12-14H2,1-3H3,(H,21,23). The van der Waals surface area contributed by atoms with Gasteiger partial charge in [0.05, 0.1) is 13.7 Å². The van der Waals surface area contributed by atoms with Crippen molar-refractivity contribution < 1.29 is 14.3 Å². The molecule has 2 amide bonds. The van der Waals surface area contributed by atoms with Gasteiger partial charge >= 0.3 is 6.03 Å². The number of nitrogens with one attached hydrogen (secondary N) is 1. The topological polar surface area (TPSA) is 64.9 Å². The molecule has 0 aromatic heterocycles. The second-order valence-electron chi connectivity index (χ2n) is 5.63. The fourth-order valence-electron chi connectivity index (χ4n) is 2.13.